The van der Waals surface area contributed by atoms with E-state index in [-0.39, 0.29) is 18.1 Å². The number of nitrogens with two attached hydrogens (primary N) is 1. The molecule has 0 unspecified atom stereocenters. The predicted molar refractivity (Wildman–Crippen MR) is 90.8 cm³/mol. The van der Waals surface area contributed by atoms with Gasteiger partial charge in [0.15, 0.2) is 17.3 Å². The maximum Gasteiger partial charge on any atom is 0.199 e. The Kier molecular flexibility index (Phi) is 4.12. The maximum atomic E-state index is 9.07. The number of imidazole rings is 1. The topological polar surface area (TPSA) is 107 Å². The first-order chi connectivity index (χ1) is 10.6. The van der Waals surface area contributed by atoms with Crippen LogP contribution in [-0.2, 0) is 11.0 Å². The Morgan fingerprint density at radius 2 is 2.18 bits per heavy atom. The number of nitriles is 1. The number of hydrogen-bond acceptors (Lipinski definition) is 6. The highest BCUT2D eigenvalue weighted by molar-refractivity contribution is 14.1. The smallest absolute Gasteiger partial charge is 0.199 e. The van der Waals surface area contributed by atoms with Gasteiger partial charge in [0.2, 0.25) is 0 Å². The lowest BCUT2D eigenvalue weighted by Gasteiger charge is -2.06. The normalized spacial score (nSPS) is 11.0. The molecule has 2 N–H and O–H groups in total. The zero-order chi connectivity index (χ0) is 15.9. The zero-order valence-corrected chi connectivity index (χ0v) is 14.5. The molecule has 0 aliphatic rings. The highest BCUT2D eigenvalue weighted by Crippen LogP contribution is 2.37. The third kappa shape index (κ3) is 2.29. The second-order valence-corrected chi connectivity index (χ2v) is 5.88. The van der Waals surface area contributed by atoms with E-state index >= 15 is 0 Å². The first kappa shape index (κ1) is 15.3. The van der Waals surface area contributed by atoms with Crippen LogP contribution in [-0.4, -0.2) is 19.9 Å². The summed E-state index contributed by atoms with van der Waals surface area (Å²) in [5.74, 6) is 0.449. The molecule has 0 amide bonds. The second-order valence-electron chi connectivity index (χ2n) is 4.33. The summed E-state index contributed by atoms with van der Waals surface area (Å²) in [5.41, 5.74) is 7.93. The van der Waals surface area contributed by atoms with E-state index in [9.17, 15) is 0 Å². The summed E-state index contributed by atoms with van der Waals surface area (Å²) in [6, 6.07) is 3.80. The summed E-state index contributed by atoms with van der Waals surface area (Å²) in [7, 11) is 0. The van der Waals surface area contributed by atoms with Crippen molar-refractivity contribution < 1.29 is 4.63 Å². The van der Waals surface area contributed by atoms with Gasteiger partial charge in [-0.1, -0.05) is 45.8 Å². The van der Waals surface area contributed by atoms with Gasteiger partial charge in [-0.15, -0.1) is 0 Å². The van der Waals surface area contributed by atoms with Crippen LogP contribution in [0.2, 0.25) is 10.0 Å². The van der Waals surface area contributed by atoms with Crippen molar-refractivity contribution >= 4 is 62.6 Å². The highest BCUT2D eigenvalue weighted by atomic mass is 127. The van der Waals surface area contributed by atoms with Crippen LogP contribution in [0.25, 0.3) is 22.6 Å². The molecule has 3 rings (SSSR count). The molecule has 0 atom stereocenters. The number of benzene rings is 1. The maximum absolute atomic E-state index is 9.07. The molecule has 0 saturated carbocycles. The monoisotopic (exact) mass is 448 g/mol. The summed E-state index contributed by atoms with van der Waals surface area (Å²) in [6.07, 6.45) is 0. The zero-order valence-electron chi connectivity index (χ0n) is 10.8. The van der Waals surface area contributed by atoms with E-state index < -0.39 is 0 Å². The highest BCUT2D eigenvalue weighted by Gasteiger charge is 2.22. The summed E-state index contributed by atoms with van der Waals surface area (Å²) in [6.45, 7) is 0.0361. The third-order valence-corrected chi connectivity index (χ3v) is 4.63. The van der Waals surface area contributed by atoms with Crippen molar-refractivity contribution in [1.29, 1.82) is 5.26 Å². The van der Waals surface area contributed by atoms with E-state index in [2.05, 4.69) is 48.6 Å². The van der Waals surface area contributed by atoms with Crippen LogP contribution in [0.1, 0.15) is 5.56 Å². The quantitative estimate of drug-likeness (QED) is 0.485. The summed E-state index contributed by atoms with van der Waals surface area (Å²) < 4.78 is 6.87. The second kappa shape index (κ2) is 5.91. The Morgan fingerprint density at radius 1 is 1.41 bits per heavy atom. The Hall–Kier alpha value is -1.57. The van der Waals surface area contributed by atoms with Crippen molar-refractivity contribution in [2.24, 2.45) is 0 Å². The van der Waals surface area contributed by atoms with Crippen LogP contribution in [0, 0.1) is 11.3 Å². The van der Waals surface area contributed by atoms with Gasteiger partial charge in [-0.2, -0.15) is 5.26 Å². The van der Waals surface area contributed by atoms with Crippen molar-refractivity contribution in [2.75, 3.05) is 5.73 Å². The molecule has 0 saturated heterocycles. The van der Waals surface area contributed by atoms with E-state index in [0.717, 1.165) is 5.56 Å². The Balaban J connectivity index is 2.39. The number of aromatic nitrogens is 4. The van der Waals surface area contributed by atoms with Crippen LogP contribution >= 0.6 is 45.8 Å². The lowest BCUT2D eigenvalue weighted by molar-refractivity contribution is 0.310. The lowest BCUT2D eigenvalue weighted by Crippen LogP contribution is -2.01. The lowest BCUT2D eigenvalue weighted by atomic mass is 10.2. The molecule has 7 nitrogen and oxygen atoms in total. The molecule has 2 aromatic heterocycles. The van der Waals surface area contributed by atoms with Crippen LogP contribution in [0.4, 0.5) is 5.82 Å². The fraction of sp³-hybridized carbons (Fsp3) is 0.167. The van der Waals surface area contributed by atoms with E-state index in [1.165, 1.54) is 0 Å². The van der Waals surface area contributed by atoms with Crippen molar-refractivity contribution in [3.63, 3.8) is 0 Å². The SMILES string of the molecule is N#CCn1c(-c2nonc2N)nc2c(Cl)c(CI)c(Cl)cc21. The molecule has 3 aromatic rings. The Labute approximate surface area is 148 Å². The molecule has 1 aromatic carbocycles. The number of nitrogen functional groups attached to an aromatic ring is 1. The minimum atomic E-state index is 0.0361. The number of nitrogens with zero attached hydrogens (tertiary/aromatic N) is 5. The van der Waals surface area contributed by atoms with Crippen molar-refractivity contribution in [3.8, 4) is 17.6 Å². The molecule has 0 aliphatic heterocycles. The van der Waals surface area contributed by atoms with Gasteiger partial charge in [-0.3, -0.25) is 0 Å². The fourth-order valence-electron chi connectivity index (χ4n) is 2.11. The number of rotatable bonds is 3. The molecule has 0 fully saturated rings. The van der Waals surface area contributed by atoms with Crippen LogP contribution < -0.4 is 5.73 Å². The van der Waals surface area contributed by atoms with E-state index in [0.29, 0.717) is 31.3 Å². The number of halogens is 3. The standard InChI is InChI=1S/C12H7Cl2IN6O/c13-6-3-7-9(8(14)5(6)4-15)18-12(21(7)2-1-16)10-11(17)20-22-19-10/h3H,2,4H2,(H2,17,20). The van der Waals surface area contributed by atoms with E-state index in [4.69, 9.17) is 34.2 Å². The van der Waals surface area contributed by atoms with Crippen molar-refractivity contribution in [3.05, 3.63) is 21.7 Å². The minimum absolute atomic E-state index is 0.0361. The molecule has 22 heavy (non-hydrogen) atoms. The van der Waals surface area contributed by atoms with E-state index in [1.807, 2.05) is 0 Å². The first-order valence-electron chi connectivity index (χ1n) is 5.96. The van der Waals surface area contributed by atoms with Gasteiger partial charge in [0.05, 0.1) is 16.6 Å². The van der Waals surface area contributed by atoms with Crippen LogP contribution in [0.15, 0.2) is 10.7 Å². The van der Waals surface area contributed by atoms with Gasteiger partial charge in [0.25, 0.3) is 0 Å². The Bertz CT molecular complexity index is 913. The van der Waals surface area contributed by atoms with Crippen molar-refractivity contribution in [1.82, 2.24) is 19.9 Å². The largest absolute Gasteiger partial charge is 0.379 e. The summed E-state index contributed by atoms with van der Waals surface area (Å²) in [4.78, 5) is 4.46. The molecular formula is C12H7Cl2IN6O. The fourth-order valence-corrected chi connectivity index (χ4v) is 3.98. The number of anilines is 1. The Morgan fingerprint density at radius 3 is 2.77 bits per heavy atom. The number of hydrogen-bond donors (Lipinski definition) is 1. The number of fused-ring (bicyclic) bond motifs is 1. The van der Waals surface area contributed by atoms with Gasteiger partial charge < -0.3 is 10.3 Å². The van der Waals surface area contributed by atoms with Gasteiger partial charge >= 0.3 is 0 Å². The molecule has 10 heteroatoms. The van der Waals surface area contributed by atoms with Gasteiger partial charge in [0, 0.05) is 15.0 Å². The molecule has 0 spiro atoms. The minimum Gasteiger partial charge on any atom is -0.379 e. The molecule has 2 heterocycles. The van der Waals surface area contributed by atoms with Gasteiger partial charge in [0.1, 0.15) is 12.1 Å². The molecular weight excluding hydrogens is 442 g/mol. The summed E-state index contributed by atoms with van der Waals surface area (Å²) >= 11 is 14.8. The number of alkyl halides is 1. The summed E-state index contributed by atoms with van der Waals surface area (Å²) in [5, 5.41) is 17.3. The van der Waals surface area contributed by atoms with Gasteiger partial charge in [-0.25, -0.2) is 9.61 Å². The first-order valence-corrected chi connectivity index (χ1v) is 8.25. The molecule has 0 radical (unpaired) electrons. The van der Waals surface area contributed by atoms with Crippen molar-refractivity contribution in [2.45, 2.75) is 11.0 Å². The molecule has 112 valence electrons. The van der Waals surface area contributed by atoms with Crippen LogP contribution in [0.5, 0.6) is 0 Å². The average Bonchev–Trinajstić information content (AvgIpc) is 3.05. The van der Waals surface area contributed by atoms with E-state index in [1.54, 1.807) is 10.6 Å². The average molecular weight is 449 g/mol. The predicted octanol–water partition coefficient (Wildman–Crippen LogP) is 3.43. The van der Waals surface area contributed by atoms with Gasteiger partial charge in [-0.05, 0) is 16.4 Å². The van der Waals surface area contributed by atoms with Crippen LogP contribution in [0.3, 0.4) is 0 Å². The molecule has 0 bridgehead atoms. The third-order valence-electron chi connectivity index (χ3n) is 3.12. The molecule has 0 aliphatic carbocycles.